The van der Waals surface area contributed by atoms with E-state index in [0.29, 0.717) is 37.0 Å². The molecule has 3 heterocycles. The summed E-state index contributed by atoms with van der Waals surface area (Å²) in [7, 11) is 0. The van der Waals surface area contributed by atoms with Gasteiger partial charge < -0.3 is 20.1 Å². The molecular formula is C26H35F2N5O3. The van der Waals surface area contributed by atoms with Gasteiger partial charge in [-0.15, -0.1) is 0 Å². The molecule has 2 N–H and O–H groups in total. The second-order valence-corrected chi connectivity index (χ2v) is 9.78. The highest BCUT2D eigenvalue weighted by Gasteiger charge is 2.27. The second-order valence-electron chi connectivity index (χ2n) is 9.78. The van der Waals surface area contributed by atoms with Gasteiger partial charge in [0.15, 0.2) is 11.6 Å². The average molecular weight is 504 g/mol. The van der Waals surface area contributed by atoms with Gasteiger partial charge in [0.25, 0.3) is 0 Å². The number of hydrogen-bond acceptors (Lipinski definition) is 6. The maximum atomic E-state index is 13.4. The fraction of sp³-hybridized carbons (Fsp3) is 0.577. The van der Waals surface area contributed by atoms with Crippen LogP contribution in [0.3, 0.4) is 0 Å². The first-order valence-corrected chi connectivity index (χ1v) is 12.9. The van der Waals surface area contributed by atoms with E-state index in [2.05, 4.69) is 25.6 Å². The molecule has 2 aliphatic rings. The number of carbonyl (C=O) groups excluding carboxylic acids is 2. The second kappa shape index (κ2) is 12.4. The van der Waals surface area contributed by atoms with Crippen LogP contribution in [0.2, 0.25) is 0 Å². The first-order chi connectivity index (χ1) is 17.4. The Morgan fingerprint density at radius 2 is 1.78 bits per heavy atom. The van der Waals surface area contributed by atoms with Crippen molar-refractivity contribution >= 4 is 17.6 Å². The number of piperidine rings is 1. The lowest BCUT2D eigenvalue weighted by Crippen LogP contribution is -2.44. The zero-order valence-corrected chi connectivity index (χ0v) is 20.8. The van der Waals surface area contributed by atoms with Gasteiger partial charge in [-0.3, -0.25) is 14.5 Å². The van der Waals surface area contributed by atoms with Crippen LogP contribution in [-0.2, 0) is 22.6 Å². The summed E-state index contributed by atoms with van der Waals surface area (Å²) in [6, 6.07) is 4.54. The van der Waals surface area contributed by atoms with E-state index in [1.54, 1.807) is 6.07 Å². The summed E-state index contributed by atoms with van der Waals surface area (Å²) in [5.74, 6) is -1.44. The van der Waals surface area contributed by atoms with E-state index in [1.807, 2.05) is 6.92 Å². The third-order valence-electron chi connectivity index (χ3n) is 6.92. The van der Waals surface area contributed by atoms with Crippen molar-refractivity contribution in [1.29, 1.82) is 0 Å². The molecule has 0 saturated carbocycles. The van der Waals surface area contributed by atoms with Crippen molar-refractivity contribution in [3.63, 3.8) is 0 Å². The van der Waals surface area contributed by atoms with Crippen LogP contribution < -0.4 is 10.6 Å². The molecule has 2 amide bonds. The van der Waals surface area contributed by atoms with Crippen LogP contribution in [0.4, 0.5) is 14.6 Å². The van der Waals surface area contributed by atoms with Crippen LogP contribution in [0.15, 0.2) is 28.8 Å². The summed E-state index contributed by atoms with van der Waals surface area (Å²) in [5, 5.41) is 9.34. The Kier molecular flexibility index (Phi) is 9.03. The summed E-state index contributed by atoms with van der Waals surface area (Å²) in [6.07, 6.45) is 5.75. The highest BCUT2D eigenvalue weighted by molar-refractivity contribution is 5.96. The lowest BCUT2D eigenvalue weighted by Gasteiger charge is -2.36. The lowest BCUT2D eigenvalue weighted by atomic mass is 10.0. The Balaban J connectivity index is 1.26. The largest absolute Gasteiger partial charge is 0.358 e. The van der Waals surface area contributed by atoms with E-state index in [1.165, 1.54) is 25.9 Å². The first kappa shape index (κ1) is 26.2. The number of nitrogens with one attached hydrogen (secondary N) is 2. The molecule has 0 spiro atoms. The minimum Gasteiger partial charge on any atom is -0.358 e. The van der Waals surface area contributed by atoms with Crippen molar-refractivity contribution in [2.45, 2.75) is 70.5 Å². The molecule has 4 rings (SSSR count). The summed E-state index contributed by atoms with van der Waals surface area (Å²) in [4.78, 5) is 30.2. The minimum atomic E-state index is -0.800. The molecule has 10 heteroatoms. The zero-order valence-electron chi connectivity index (χ0n) is 20.8. The molecule has 8 nitrogen and oxygen atoms in total. The highest BCUT2D eigenvalue weighted by atomic mass is 19.1. The van der Waals surface area contributed by atoms with Crippen molar-refractivity contribution < 1.29 is 22.9 Å². The van der Waals surface area contributed by atoms with Crippen molar-refractivity contribution in [3.05, 3.63) is 47.2 Å². The number of anilines is 1. The van der Waals surface area contributed by atoms with Crippen molar-refractivity contribution in [2.75, 3.05) is 31.5 Å². The molecule has 0 bridgehead atoms. The third-order valence-corrected chi connectivity index (χ3v) is 6.92. The van der Waals surface area contributed by atoms with Gasteiger partial charge in [-0.2, -0.15) is 0 Å². The maximum Gasteiger partial charge on any atom is 0.248 e. The van der Waals surface area contributed by atoms with Gasteiger partial charge in [-0.25, -0.2) is 8.78 Å². The van der Waals surface area contributed by atoms with Gasteiger partial charge >= 0.3 is 0 Å². The van der Waals surface area contributed by atoms with Gasteiger partial charge in [0, 0.05) is 31.3 Å². The molecule has 0 aliphatic carbocycles. The fourth-order valence-corrected chi connectivity index (χ4v) is 5.13. The number of aromatic nitrogens is 1. The normalized spacial score (nSPS) is 18.3. The molecule has 0 radical (unpaired) electrons. The van der Waals surface area contributed by atoms with Crippen molar-refractivity contribution in [1.82, 2.24) is 20.3 Å². The van der Waals surface area contributed by atoms with Crippen molar-refractivity contribution in [3.8, 4) is 0 Å². The lowest BCUT2D eigenvalue weighted by molar-refractivity contribution is -0.126. The number of benzene rings is 1. The number of amides is 2. The fourth-order valence-electron chi connectivity index (χ4n) is 5.13. The number of halogens is 2. The monoisotopic (exact) mass is 503 g/mol. The Hall–Kier alpha value is -2.85. The predicted octanol–water partition coefficient (Wildman–Crippen LogP) is 3.48. The topological polar surface area (TPSA) is 90.7 Å². The van der Waals surface area contributed by atoms with Gasteiger partial charge in [0.05, 0.1) is 13.0 Å². The number of rotatable bonds is 10. The molecule has 196 valence electrons. The molecule has 2 saturated heterocycles. The van der Waals surface area contributed by atoms with Crippen LogP contribution in [-0.4, -0.2) is 65.0 Å². The number of hydrogen-bond donors (Lipinski definition) is 2. The van der Waals surface area contributed by atoms with Gasteiger partial charge in [-0.1, -0.05) is 18.5 Å². The predicted molar refractivity (Wildman–Crippen MR) is 131 cm³/mol. The summed E-state index contributed by atoms with van der Waals surface area (Å²) >= 11 is 0. The maximum absolute atomic E-state index is 13.4. The van der Waals surface area contributed by atoms with Crippen molar-refractivity contribution in [2.24, 2.45) is 0 Å². The van der Waals surface area contributed by atoms with Crippen LogP contribution in [0.1, 0.15) is 56.8 Å². The van der Waals surface area contributed by atoms with Gasteiger partial charge in [0.2, 0.25) is 11.8 Å². The van der Waals surface area contributed by atoms with Crippen LogP contribution >= 0.6 is 0 Å². The van der Waals surface area contributed by atoms with E-state index < -0.39 is 29.5 Å². The molecule has 36 heavy (non-hydrogen) atoms. The van der Waals surface area contributed by atoms with E-state index in [9.17, 15) is 18.4 Å². The third kappa shape index (κ3) is 7.33. The molecule has 1 aromatic carbocycles. The van der Waals surface area contributed by atoms with E-state index in [-0.39, 0.29) is 12.0 Å². The first-order valence-electron chi connectivity index (χ1n) is 12.9. The van der Waals surface area contributed by atoms with Gasteiger partial charge in [0.1, 0.15) is 17.7 Å². The molecule has 2 aliphatic heterocycles. The molecular weight excluding hydrogens is 468 g/mol. The molecule has 2 aromatic rings. The summed E-state index contributed by atoms with van der Waals surface area (Å²) in [5.41, 5.74) is 0.200. The SMILES string of the molecule is CCCC(NC(=O)Cc1cc(F)cc(F)c1)C(=O)Nc1cc(CN2CCC(N3CCCC3)CC2)on1. The molecule has 2 fully saturated rings. The highest BCUT2D eigenvalue weighted by Crippen LogP contribution is 2.22. The Bertz CT molecular complexity index is 1010. The quantitative estimate of drug-likeness (QED) is 0.516. The Labute approximate surface area is 210 Å². The van der Waals surface area contributed by atoms with Crippen LogP contribution in [0.5, 0.6) is 0 Å². The molecule has 1 unspecified atom stereocenters. The minimum absolute atomic E-state index is 0.200. The van der Waals surface area contributed by atoms with E-state index in [4.69, 9.17) is 4.52 Å². The smallest absolute Gasteiger partial charge is 0.248 e. The molecule has 1 atom stereocenters. The van der Waals surface area contributed by atoms with Gasteiger partial charge in [-0.05, 0) is 62.9 Å². The van der Waals surface area contributed by atoms with Crippen LogP contribution in [0, 0.1) is 11.6 Å². The zero-order chi connectivity index (χ0) is 25.5. The van der Waals surface area contributed by atoms with E-state index >= 15 is 0 Å². The number of nitrogens with zero attached hydrogens (tertiary/aromatic N) is 3. The van der Waals surface area contributed by atoms with E-state index in [0.717, 1.165) is 44.1 Å². The number of likely N-dealkylation sites (tertiary alicyclic amines) is 2. The average Bonchev–Trinajstić information content (AvgIpc) is 3.51. The summed E-state index contributed by atoms with van der Waals surface area (Å²) in [6.45, 7) is 6.98. The molecule has 1 aromatic heterocycles. The van der Waals surface area contributed by atoms with Crippen LogP contribution in [0.25, 0.3) is 0 Å². The standard InChI is InChI=1S/C26H35F2N5O3/c1-2-5-23(29-25(34)14-18-12-19(27)15-20(28)13-18)26(35)30-24-16-22(36-31-24)17-32-10-6-21(7-11-32)33-8-3-4-9-33/h12-13,15-16,21,23H,2-11,14,17H2,1H3,(H,29,34)(H,30,31,35). The Morgan fingerprint density at radius 3 is 2.44 bits per heavy atom. The Morgan fingerprint density at radius 1 is 1.08 bits per heavy atom. The number of carbonyl (C=O) groups is 2. The summed E-state index contributed by atoms with van der Waals surface area (Å²) < 4.78 is 32.3.